The fraction of sp³-hybridized carbons (Fsp3) is 0.118. The summed E-state index contributed by atoms with van der Waals surface area (Å²) in [5.41, 5.74) is 2.23. The molecule has 0 saturated heterocycles. The van der Waals surface area contributed by atoms with Gasteiger partial charge in [0.05, 0.1) is 12.1 Å². The first kappa shape index (κ1) is 14.0. The van der Waals surface area contributed by atoms with Gasteiger partial charge in [-0.05, 0) is 31.2 Å². The number of allylic oxidation sites excluding steroid dienone is 1. The molecule has 0 aliphatic heterocycles. The summed E-state index contributed by atoms with van der Waals surface area (Å²) in [5, 5.41) is 7.88. The maximum Gasteiger partial charge on any atom is 0.272 e. The zero-order chi connectivity index (χ0) is 15.4. The second kappa shape index (κ2) is 6.22. The van der Waals surface area contributed by atoms with Gasteiger partial charge < -0.3 is 4.74 Å². The number of fused-ring (bicyclic) bond motifs is 1. The van der Waals surface area contributed by atoms with Crippen LogP contribution in [0.4, 0.5) is 0 Å². The van der Waals surface area contributed by atoms with E-state index in [2.05, 4.69) is 10.3 Å². The molecule has 0 unspecified atom stereocenters. The number of benzene rings is 2. The summed E-state index contributed by atoms with van der Waals surface area (Å²) < 4.78 is 6.82. The summed E-state index contributed by atoms with van der Waals surface area (Å²) >= 11 is 0. The molecule has 0 radical (unpaired) electrons. The first-order valence-electron chi connectivity index (χ1n) is 7.04. The Hall–Kier alpha value is -2.95. The molecule has 1 heterocycles. The lowest BCUT2D eigenvalue weighted by molar-refractivity contribution is 0.0958. The summed E-state index contributed by atoms with van der Waals surface area (Å²) in [6.07, 6.45) is 3.20. The van der Waals surface area contributed by atoms with E-state index in [1.807, 2.05) is 55.5 Å². The molecule has 1 aromatic heterocycles. The predicted octanol–water partition coefficient (Wildman–Crippen LogP) is 3.18. The molecule has 2 aromatic carbocycles. The smallest absolute Gasteiger partial charge is 0.272 e. The number of carbonyl (C=O) groups excluding carboxylic acids is 1. The summed E-state index contributed by atoms with van der Waals surface area (Å²) in [4.78, 5) is 12.3. The van der Waals surface area contributed by atoms with Crippen LogP contribution in [0, 0.1) is 0 Å². The summed E-state index contributed by atoms with van der Waals surface area (Å²) in [5.74, 6) is 0.498. The number of ether oxygens (including phenoxy) is 1. The van der Waals surface area contributed by atoms with Gasteiger partial charge in [0.15, 0.2) is 0 Å². The lowest BCUT2D eigenvalue weighted by atomic mass is 10.2. The number of hydrogen-bond acceptors (Lipinski definition) is 4. The summed E-state index contributed by atoms with van der Waals surface area (Å²) in [7, 11) is 0. The normalized spacial score (nSPS) is 11.1. The minimum atomic E-state index is -0.250. The Morgan fingerprint density at radius 1 is 1.18 bits per heavy atom. The Labute approximate surface area is 127 Å². The third-order valence-electron chi connectivity index (χ3n) is 3.18. The van der Waals surface area contributed by atoms with E-state index in [0.29, 0.717) is 17.6 Å². The van der Waals surface area contributed by atoms with Gasteiger partial charge in [-0.15, -0.1) is 5.10 Å². The molecule has 5 heteroatoms. The maximum atomic E-state index is 12.3. The van der Waals surface area contributed by atoms with Gasteiger partial charge in [-0.2, -0.15) is 4.68 Å². The lowest BCUT2D eigenvalue weighted by Gasteiger charge is -2.06. The number of rotatable bonds is 4. The Bertz CT molecular complexity index is 837. The van der Waals surface area contributed by atoms with Gasteiger partial charge in [0.2, 0.25) is 0 Å². The highest BCUT2D eigenvalue weighted by atomic mass is 16.5. The molecule has 0 bridgehead atoms. The Kier molecular flexibility index (Phi) is 3.96. The molecular formula is C17H15N3O2. The van der Waals surface area contributed by atoms with Crippen molar-refractivity contribution in [3.8, 4) is 5.75 Å². The highest BCUT2D eigenvalue weighted by molar-refractivity contribution is 5.98. The molecule has 0 atom stereocenters. The Balaban J connectivity index is 1.88. The standard InChI is InChI=1S/C17H15N3O2/c1-2-22-16-10-6-3-7-13(16)11-12-17(21)20-15-9-5-4-8-14(15)18-19-20/h3-12H,2H2,1H3/b12-11+. The van der Waals surface area contributed by atoms with Crippen LogP contribution in [0.2, 0.25) is 0 Å². The quantitative estimate of drug-likeness (QED) is 0.693. The second-order valence-corrected chi connectivity index (χ2v) is 4.63. The van der Waals surface area contributed by atoms with Crippen LogP contribution in [0.3, 0.4) is 0 Å². The van der Waals surface area contributed by atoms with Crippen LogP contribution in [-0.4, -0.2) is 27.5 Å². The van der Waals surface area contributed by atoms with E-state index in [9.17, 15) is 4.79 Å². The number of carbonyl (C=O) groups is 1. The van der Waals surface area contributed by atoms with Crippen LogP contribution in [0.1, 0.15) is 17.3 Å². The first-order chi connectivity index (χ1) is 10.8. The van der Waals surface area contributed by atoms with Crippen molar-refractivity contribution in [1.82, 2.24) is 15.0 Å². The van der Waals surface area contributed by atoms with Crippen molar-refractivity contribution >= 4 is 23.0 Å². The van der Waals surface area contributed by atoms with Crippen LogP contribution < -0.4 is 4.74 Å². The molecule has 0 N–H and O–H groups in total. The Morgan fingerprint density at radius 2 is 1.95 bits per heavy atom. The van der Waals surface area contributed by atoms with E-state index < -0.39 is 0 Å². The molecule has 0 spiro atoms. The van der Waals surface area contributed by atoms with E-state index in [1.54, 1.807) is 6.08 Å². The second-order valence-electron chi connectivity index (χ2n) is 4.63. The van der Waals surface area contributed by atoms with Gasteiger partial charge in [0.1, 0.15) is 11.3 Å². The van der Waals surface area contributed by atoms with Gasteiger partial charge in [0.25, 0.3) is 5.91 Å². The molecule has 0 aliphatic rings. The zero-order valence-electron chi connectivity index (χ0n) is 12.1. The molecule has 5 nitrogen and oxygen atoms in total. The largest absolute Gasteiger partial charge is 0.493 e. The molecule has 22 heavy (non-hydrogen) atoms. The SMILES string of the molecule is CCOc1ccccc1/C=C/C(=O)n1nnc2ccccc21. The van der Waals surface area contributed by atoms with Gasteiger partial charge in [-0.25, -0.2) is 0 Å². The lowest BCUT2D eigenvalue weighted by Crippen LogP contribution is -2.09. The van der Waals surface area contributed by atoms with Gasteiger partial charge in [0, 0.05) is 11.6 Å². The topological polar surface area (TPSA) is 57.0 Å². The van der Waals surface area contributed by atoms with Crippen LogP contribution >= 0.6 is 0 Å². The van der Waals surface area contributed by atoms with Crippen molar-refractivity contribution in [2.75, 3.05) is 6.61 Å². The highest BCUT2D eigenvalue weighted by Crippen LogP contribution is 2.19. The molecule has 3 aromatic rings. The van der Waals surface area contributed by atoms with Crippen LogP contribution in [0.15, 0.2) is 54.6 Å². The number of para-hydroxylation sites is 2. The van der Waals surface area contributed by atoms with Crippen molar-refractivity contribution in [2.45, 2.75) is 6.92 Å². The number of nitrogens with zero attached hydrogens (tertiary/aromatic N) is 3. The number of aromatic nitrogens is 3. The van der Waals surface area contributed by atoms with Crippen LogP contribution in [0.25, 0.3) is 17.1 Å². The van der Waals surface area contributed by atoms with Gasteiger partial charge in [-0.3, -0.25) is 4.79 Å². The average Bonchev–Trinajstić information content (AvgIpc) is 2.98. The molecule has 0 saturated carbocycles. The van der Waals surface area contributed by atoms with E-state index >= 15 is 0 Å². The zero-order valence-corrected chi connectivity index (χ0v) is 12.1. The average molecular weight is 293 g/mol. The van der Waals surface area contributed by atoms with E-state index in [-0.39, 0.29) is 5.91 Å². The monoisotopic (exact) mass is 293 g/mol. The van der Waals surface area contributed by atoms with E-state index in [1.165, 1.54) is 10.8 Å². The minimum Gasteiger partial charge on any atom is -0.493 e. The minimum absolute atomic E-state index is 0.250. The van der Waals surface area contributed by atoms with Gasteiger partial charge >= 0.3 is 0 Å². The number of hydrogen-bond donors (Lipinski definition) is 0. The molecule has 3 rings (SSSR count). The van der Waals surface area contributed by atoms with Crippen molar-refractivity contribution in [3.05, 3.63) is 60.2 Å². The van der Waals surface area contributed by atoms with Crippen LogP contribution in [0.5, 0.6) is 5.75 Å². The first-order valence-corrected chi connectivity index (χ1v) is 7.04. The molecule has 110 valence electrons. The fourth-order valence-electron chi connectivity index (χ4n) is 2.17. The predicted molar refractivity (Wildman–Crippen MR) is 84.8 cm³/mol. The van der Waals surface area contributed by atoms with E-state index in [0.717, 1.165) is 11.3 Å². The van der Waals surface area contributed by atoms with Crippen molar-refractivity contribution in [3.63, 3.8) is 0 Å². The van der Waals surface area contributed by atoms with Crippen molar-refractivity contribution < 1.29 is 9.53 Å². The third-order valence-corrected chi connectivity index (χ3v) is 3.18. The van der Waals surface area contributed by atoms with E-state index in [4.69, 9.17) is 4.74 Å². The third kappa shape index (κ3) is 2.74. The van der Waals surface area contributed by atoms with Crippen molar-refractivity contribution in [2.24, 2.45) is 0 Å². The molecule has 0 aliphatic carbocycles. The highest BCUT2D eigenvalue weighted by Gasteiger charge is 2.08. The maximum absolute atomic E-state index is 12.3. The summed E-state index contributed by atoms with van der Waals surface area (Å²) in [6.45, 7) is 2.50. The molecule has 0 fully saturated rings. The van der Waals surface area contributed by atoms with Crippen molar-refractivity contribution in [1.29, 1.82) is 0 Å². The molecule has 0 amide bonds. The van der Waals surface area contributed by atoms with Gasteiger partial charge in [-0.1, -0.05) is 35.5 Å². The fourth-order valence-corrected chi connectivity index (χ4v) is 2.17. The molecular weight excluding hydrogens is 278 g/mol. The van der Waals surface area contributed by atoms with Crippen LogP contribution in [-0.2, 0) is 0 Å². The Morgan fingerprint density at radius 3 is 2.82 bits per heavy atom. The summed E-state index contributed by atoms with van der Waals surface area (Å²) in [6, 6.07) is 14.9.